The Labute approximate surface area is 73.7 Å². The second-order valence-electron chi connectivity index (χ2n) is 2.11. The maximum Gasteiger partial charge on any atom is 0.185 e. The van der Waals surface area contributed by atoms with Gasteiger partial charge in [0.15, 0.2) is 10.3 Å². The van der Waals surface area contributed by atoms with Crippen LogP contribution in [0, 0.1) is 6.92 Å². The highest BCUT2D eigenvalue weighted by Gasteiger charge is 2.06. The molecule has 1 aromatic rings. The molecule has 0 aliphatic carbocycles. The van der Waals surface area contributed by atoms with Crippen molar-refractivity contribution < 1.29 is 4.42 Å². The highest BCUT2D eigenvalue weighted by atomic mass is 35.5. The van der Waals surface area contributed by atoms with Gasteiger partial charge in [-0.3, -0.25) is 4.79 Å². The molecule has 1 heterocycles. The van der Waals surface area contributed by atoms with Crippen molar-refractivity contribution in [3.05, 3.63) is 33.9 Å². The van der Waals surface area contributed by atoms with Crippen LogP contribution in [0.5, 0.6) is 0 Å². The summed E-state index contributed by atoms with van der Waals surface area (Å²) in [6.45, 7) is 1.67. The third kappa shape index (κ3) is 2.24. The van der Waals surface area contributed by atoms with E-state index in [1.165, 1.54) is 12.1 Å². The number of hydrogen-bond donors (Lipinski definition) is 0. The molecule has 0 aromatic carbocycles. The molecule has 2 nitrogen and oxygen atoms in total. The Balaban J connectivity index is 3.19. The first-order valence-corrected chi connectivity index (χ1v) is 3.87. The lowest BCUT2D eigenvalue weighted by atomic mass is 10.3. The van der Waals surface area contributed by atoms with E-state index in [4.69, 9.17) is 27.6 Å². The molecule has 0 atom stereocenters. The van der Waals surface area contributed by atoms with E-state index in [2.05, 4.69) is 0 Å². The van der Waals surface area contributed by atoms with E-state index in [-0.39, 0.29) is 5.43 Å². The predicted octanol–water partition coefficient (Wildman–Crippen LogP) is 2.42. The molecule has 0 radical (unpaired) electrons. The molecule has 0 saturated carbocycles. The molecule has 0 bridgehead atoms. The van der Waals surface area contributed by atoms with Gasteiger partial charge in [0.2, 0.25) is 0 Å². The minimum Gasteiger partial charge on any atom is -0.463 e. The van der Waals surface area contributed by atoms with E-state index in [1.54, 1.807) is 6.92 Å². The van der Waals surface area contributed by atoms with E-state index >= 15 is 0 Å². The standard InChI is InChI=1S/C7H6Cl2O2/c1-4-2-5(10)3-6(11-4)7(8)9/h2-3,7H,1H3. The second-order valence-corrected chi connectivity index (χ2v) is 3.20. The Morgan fingerprint density at radius 1 is 1.45 bits per heavy atom. The van der Waals surface area contributed by atoms with Gasteiger partial charge in [0.1, 0.15) is 11.5 Å². The molecule has 11 heavy (non-hydrogen) atoms. The lowest BCUT2D eigenvalue weighted by Gasteiger charge is -1.99. The van der Waals surface area contributed by atoms with Gasteiger partial charge >= 0.3 is 0 Å². The average molecular weight is 193 g/mol. The fourth-order valence-electron chi connectivity index (χ4n) is 0.735. The van der Waals surface area contributed by atoms with Crippen molar-refractivity contribution in [3.8, 4) is 0 Å². The third-order valence-corrected chi connectivity index (χ3v) is 1.55. The van der Waals surface area contributed by atoms with Gasteiger partial charge in [0, 0.05) is 12.1 Å². The molecule has 0 saturated heterocycles. The molecule has 1 aromatic heterocycles. The average Bonchev–Trinajstić information content (AvgIpc) is 1.85. The number of hydrogen-bond acceptors (Lipinski definition) is 2. The molecule has 0 unspecified atom stereocenters. The van der Waals surface area contributed by atoms with Crippen molar-refractivity contribution in [2.75, 3.05) is 0 Å². The zero-order valence-electron chi connectivity index (χ0n) is 5.80. The summed E-state index contributed by atoms with van der Waals surface area (Å²) in [6.07, 6.45) is 0. The molecule has 4 heteroatoms. The topological polar surface area (TPSA) is 30.2 Å². The Morgan fingerprint density at radius 3 is 2.55 bits per heavy atom. The van der Waals surface area contributed by atoms with Gasteiger partial charge < -0.3 is 4.42 Å². The molecule has 0 amide bonds. The van der Waals surface area contributed by atoms with Crippen molar-refractivity contribution in [2.24, 2.45) is 0 Å². The quantitative estimate of drug-likeness (QED) is 0.641. The van der Waals surface area contributed by atoms with Crippen LogP contribution in [0.4, 0.5) is 0 Å². The van der Waals surface area contributed by atoms with Crippen molar-refractivity contribution in [2.45, 2.75) is 11.8 Å². The van der Waals surface area contributed by atoms with Gasteiger partial charge in [-0.25, -0.2) is 0 Å². The number of rotatable bonds is 1. The van der Waals surface area contributed by atoms with Gasteiger partial charge in [0.05, 0.1) is 0 Å². The highest BCUT2D eigenvalue weighted by molar-refractivity contribution is 6.43. The first-order chi connectivity index (χ1) is 5.09. The fourth-order valence-corrected chi connectivity index (χ4v) is 0.950. The van der Waals surface area contributed by atoms with Crippen LogP contribution in [0.15, 0.2) is 21.3 Å². The molecule has 0 aliphatic rings. The Morgan fingerprint density at radius 2 is 2.09 bits per heavy atom. The Hall–Kier alpha value is -0.470. The van der Waals surface area contributed by atoms with Gasteiger partial charge in [0.25, 0.3) is 0 Å². The SMILES string of the molecule is Cc1cc(=O)cc(C(Cl)Cl)o1. The van der Waals surface area contributed by atoms with Crippen molar-refractivity contribution in [3.63, 3.8) is 0 Å². The number of alkyl halides is 2. The molecule has 60 valence electrons. The molecular weight excluding hydrogens is 187 g/mol. The van der Waals surface area contributed by atoms with Crippen LogP contribution in [0.3, 0.4) is 0 Å². The molecule has 0 fully saturated rings. The van der Waals surface area contributed by atoms with E-state index in [1.807, 2.05) is 0 Å². The first-order valence-electron chi connectivity index (χ1n) is 2.99. The maximum absolute atomic E-state index is 10.8. The normalized spacial score (nSPS) is 10.5. The number of aryl methyl sites for hydroxylation is 1. The fraction of sp³-hybridized carbons (Fsp3) is 0.286. The van der Waals surface area contributed by atoms with E-state index in [9.17, 15) is 4.79 Å². The van der Waals surface area contributed by atoms with E-state index in [0.29, 0.717) is 11.5 Å². The van der Waals surface area contributed by atoms with Gasteiger partial charge in [-0.15, -0.1) is 0 Å². The van der Waals surface area contributed by atoms with Crippen LogP contribution >= 0.6 is 23.2 Å². The van der Waals surface area contributed by atoms with Gasteiger partial charge in [-0.1, -0.05) is 23.2 Å². The lowest BCUT2D eigenvalue weighted by Crippen LogP contribution is -1.99. The van der Waals surface area contributed by atoms with Crippen LogP contribution in [0.1, 0.15) is 16.4 Å². The summed E-state index contributed by atoms with van der Waals surface area (Å²) in [7, 11) is 0. The first kappa shape index (κ1) is 8.62. The minimum atomic E-state index is -0.775. The number of halogens is 2. The second kappa shape index (κ2) is 3.28. The van der Waals surface area contributed by atoms with Crippen LogP contribution in [-0.4, -0.2) is 0 Å². The molecular formula is C7H6Cl2O2. The van der Waals surface area contributed by atoms with Crippen LogP contribution in [-0.2, 0) is 0 Å². The molecule has 0 spiro atoms. The predicted molar refractivity (Wildman–Crippen MR) is 44.2 cm³/mol. The van der Waals surface area contributed by atoms with Crippen LogP contribution < -0.4 is 5.43 Å². The van der Waals surface area contributed by atoms with Crippen molar-refractivity contribution in [1.29, 1.82) is 0 Å². The van der Waals surface area contributed by atoms with Gasteiger partial charge in [-0.2, -0.15) is 0 Å². The summed E-state index contributed by atoms with van der Waals surface area (Å²) in [6, 6.07) is 2.65. The zero-order chi connectivity index (χ0) is 8.43. The summed E-state index contributed by atoms with van der Waals surface area (Å²) < 4.78 is 5.06. The smallest absolute Gasteiger partial charge is 0.185 e. The zero-order valence-corrected chi connectivity index (χ0v) is 7.32. The maximum atomic E-state index is 10.8. The molecule has 0 N–H and O–H groups in total. The monoisotopic (exact) mass is 192 g/mol. The largest absolute Gasteiger partial charge is 0.463 e. The van der Waals surface area contributed by atoms with E-state index < -0.39 is 4.84 Å². The summed E-state index contributed by atoms with van der Waals surface area (Å²) in [5.41, 5.74) is -0.143. The van der Waals surface area contributed by atoms with Crippen molar-refractivity contribution in [1.82, 2.24) is 0 Å². The summed E-state index contributed by atoms with van der Waals surface area (Å²) in [5.74, 6) is 0.803. The lowest BCUT2D eigenvalue weighted by molar-refractivity contribution is 0.477. The Bertz CT molecular complexity index is 304. The van der Waals surface area contributed by atoms with E-state index in [0.717, 1.165) is 0 Å². The minimum absolute atomic E-state index is 0.143. The molecule has 1 rings (SSSR count). The van der Waals surface area contributed by atoms with Gasteiger partial charge in [-0.05, 0) is 6.92 Å². The summed E-state index contributed by atoms with van der Waals surface area (Å²) >= 11 is 11.0. The molecule has 0 aliphatic heterocycles. The summed E-state index contributed by atoms with van der Waals surface area (Å²) in [4.78, 5) is 10.1. The van der Waals surface area contributed by atoms with Crippen LogP contribution in [0.2, 0.25) is 0 Å². The Kier molecular flexibility index (Phi) is 2.58. The third-order valence-electron chi connectivity index (χ3n) is 1.12. The highest BCUT2D eigenvalue weighted by Crippen LogP contribution is 2.23. The van der Waals surface area contributed by atoms with Crippen molar-refractivity contribution >= 4 is 23.2 Å². The van der Waals surface area contributed by atoms with Crippen LogP contribution in [0.25, 0.3) is 0 Å². The summed E-state index contributed by atoms with van der Waals surface area (Å²) in [5, 5.41) is 0.